The number of carbonyl (C=O) groups excluding carboxylic acids is 2. The van der Waals surface area contributed by atoms with Crippen LogP contribution >= 0.6 is 0 Å². The van der Waals surface area contributed by atoms with Crippen LogP contribution in [-0.4, -0.2) is 30.1 Å². The highest BCUT2D eigenvalue weighted by molar-refractivity contribution is 5.95. The van der Waals surface area contributed by atoms with Gasteiger partial charge in [0.05, 0.1) is 5.69 Å². The quantitative estimate of drug-likeness (QED) is 0.836. The second-order valence-electron chi connectivity index (χ2n) is 6.19. The number of ether oxygens (including phenoxy) is 2. The van der Waals surface area contributed by atoms with Crippen molar-refractivity contribution in [1.82, 2.24) is 0 Å². The monoisotopic (exact) mass is 306 g/mol. The first-order chi connectivity index (χ1) is 10.3. The summed E-state index contributed by atoms with van der Waals surface area (Å²) in [6.45, 7) is 7.43. The largest absolute Gasteiger partial charge is 0.482 e. The summed E-state index contributed by atoms with van der Waals surface area (Å²) in [6.07, 6.45) is 0.601. The van der Waals surface area contributed by atoms with Crippen molar-refractivity contribution in [3.8, 4) is 5.75 Å². The SMILES string of the molecule is CCC(Nc1ccc2c(c1)OCC(=O)N2)C(=O)OC(C)(C)C. The third-order valence-electron chi connectivity index (χ3n) is 3.05. The molecule has 2 N–H and O–H groups in total. The summed E-state index contributed by atoms with van der Waals surface area (Å²) in [4.78, 5) is 23.4. The van der Waals surface area contributed by atoms with Crippen LogP contribution in [0.15, 0.2) is 18.2 Å². The van der Waals surface area contributed by atoms with Crippen molar-refractivity contribution in [3.63, 3.8) is 0 Å². The van der Waals surface area contributed by atoms with E-state index in [2.05, 4.69) is 10.6 Å². The highest BCUT2D eigenvalue weighted by Gasteiger charge is 2.24. The summed E-state index contributed by atoms with van der Waals surface area (Å²) in [5.74, 6) is 0.124. The number of anilines is 2. The number of nitrogens with one attached hydrogen (secondary N) is 2. The van der Waals surface area contributed by atoms with Gasteiger partial charge in [0.25, 0.3) is 5.91 Å². The van der Waals surface area contributed by atoms with Crippen molar-refractivity contribution in [1.29, 1.82) is 0 Å². The van der Waals surface area contributed by atoms with E-state index in [0.717, 1.165) is 5.69 Å². The summed E-state index contributed by atoms with van der Waals surface area (Å²) < 4.78 is 10.8. The molecule has 1 aromatic rings. The minimum Gasteiger partial charge on any atom is -0.482 e. The molecular weight excluding hydrogens is 284 g/mol. The number of fused-ring (bicyclic) bond motifs is 1. The van der Waals surface area contributed by atoms with Crippen LogP contribution in [0, 0.1) is 0 Å². The van der Waals surface area contributed by atoms with Gasteiger partial charge in [-0.25, -0.2) is 4.79 Å². The highest BCUT2D eigenvalue weighted by atomic mass is 16.6. The number of benzene rings is 1. The van der Waals surface area contributed by atoms with Crippen molar-refractivity contribution in [2.45, 2.75) is 45.8 Å². The molecule has 1 atom stereocenters. The minimum atomic E-state index is -0.518. The molecular formula is C16H22N2O4. The molecule has 0 saturated carbocycles. The number of rotatable bonds is 4. The first-order valence-electron chi connectivity index (χ1n) is 7.34. The van der Waals surface area contributed by atoms with Gasteiger partial charge in [0.1, 0.15) is 17.4 Å². The first kappa shape index (κ1) is 16.1. The number of carbonyl (C=O) groups is 2. The molecule has 6 heteroatoms. The Kier molecular flexibility index (Phi) is 4.59. The molecule has 0 fully saturated rings. The van der Waals surface area contributed by atoms with Crippen LogP contribution in [0.3, 0.4) is 0 Å². The van der Waals surface area contributed by atoms with Crippen LogP contribution in [0.5, 0.6) is 5.75 Å². The number of amides is 1. The smallest absolute Gasteiger partial charge is 0.329 e. The van der Waals surface area contributed by atoms with E-state index < -0.39 is 11.6 Å². The number of hydrogen-bond donors (Lipinski definition) is 2. The molecule has 1 aliphatic heterocycles. The molecule has 1 aromatic carbocycles. The Bertz CT molecular complexity index is 578. The van der Waals surface area contributed by atoms with E-state index in [1.165, 1.54) is 0 Å². The van der Waals surface area contributed by atoms with Gasteiger partial charge in [-0.15, -0.1) is 0 Å². The van der Waals surface area contributed by atoms with E-state index in [-0.39, 0.29) is 18.5 Å². The lowest BCUT2D eigenvalue weighted by molar-refractivity contribution is -0.155. The fraction of sp³-hybridized carbons (Fsp3) is 0.500. The Labute approximate surface area is 130 Å². The van der Waals surface area contributed by atoms with Crippen LogP contribution in [0.25, 0.3) is 0 Å². The molecule has 1 amide bonds. The summed E-state index contributed by atoms with van der Waals surface area (Å²) in [7, 11) is 0. The van der Waals surface area contributed by atoms with Gasteiger partial charge in [-0.3, -0.25) is 4.79 Å². The summed E-state index contributed by atoms with van der Waals surface area (Å²) >= 11 is 0. The molecule has 0 bridgehead atoms. The molecule has 0 aromatic heterocycles. The fourth-order valence-electron chi connectivity index (χ4n) is 2.07. The maximum absolute atomic E-state index is 12.2. The molecule has 0 spiro atoms. The summed E-state index contributed by atoms with van der Waals surface area (Å²) in [5, 5.41) is 5.87. The molecule has 2 rings (SSSR count). The van der Waals surface area contributed by atoms with E-state index in [1.807, 2.05) is 27.7 Å². The zero-order chi connectivity index (χ0) is 16.3. The van der Waals surface area contributed by atoms with Gasteiger partial charge in [-0.2, -0.15) is 0 Å². The fourth-order valence-corrected chi connectivity index (χ4v) is 2.07. The Morgan fingerprint density at radius 2 is 2.18 bits per heavy atom. The minimum absolute atomic E-state index is 0.000272. The average molecular weight is 306 g/mol. The summed E-state index contributed by atoms with van der Waals surface area (Å²) in [6, 6.07) is 4.87. The third kappa shape index (κ3) is 4.13. The normalized spacial score (nSPS) is 15.2. The number of hydrogen-bond acceptors (Lipinski definition) is 5. The topological polar surface area (TPSA) is 76.7 Å². The molecule has 0 radical (unpaired) electrons. The van der Waals surface area contributed by atoms with E-state index >= 15 is 0 Å². The maximum Gasteiger partial charge on any atom is 0.329 e. The van der Waals surface area contributed by atoms with Gasteiger partial charge in [-0.1, -0.05) is 6.92 Å². The molecule has 0 aliphatic carbocycles. The number of esters is 1. The van der Waals surface area contributed by atoms with Gasteiger partial charge in [0.2, 0.25) is 0 Å². The second kappa shape index (κ2) is 6.25. The van der Waals surface area contributed by atoms with Gasteiger partial charge in [0.15, 0.2) is 6.61 Å². The van der Waals surface area contributed by atoms with Crippen molar-refractivity contribution in [3.05, 3.63) is 18.2 Å². The third-order valence-corrected chi connectivity index (χ3v) is 3.05. The Morgan fingerprint density at radius 3 is 2.82 bits per heavy atom. The molecule has 1 unspecified atom stereocenters. The molecule has 1 aliphatic rings. The van der Waals surface area contributed by atoms with Crippen molar-refractivity contribution in [2.24, 2.45) is 0 Å². The van der Waals surface area contributed by atoms with Crippen LogP contribution < -0.4 is 15.4 Å². The van der Waals surface area contributed by atoms with Crippen LogP contribution in [-0.2, 0) is 14.3 Å². The van der Waals surface area contributed by atoms with Gasteiger partial charge >= 0.3 is 5.97 Å². The van der Waals surface area contributed by atoms with Crippen LogP contribution in [0.1, 0.15) is 34.1 Å². The lowest BCUT2D eigenvalue weighted by atomic mass is 10.1. The zero-order valence-electron chi connectivity index (χ0n) is 13.4. The van der Waals surface area contributed by atoms with E-state index in [1.54, 1.807) is 18.2 Å². The lowest BCUT2D eigenvalue weighted by Gasteiger charge is -2.25. The average Bonchev–Trinajstić information content (AvgIpc) is 2.42. The van der Waals surface area contributed by atoms with E-state index in [0.29, 0.717) is 17.9 Å². The molecule has 1 heterocycles. The standard InChI is InChI=1S/C16H22N2O4/c1-5-11(15(20)22-16(2,3)4)17-10-6-7-12-13(8-10)21-9-14(19)18-12/h6-8,11,17H,5,9H2,1-4H3,(H,18,19). The van der Waals surface area contributed by atoms with Crippen LogP contribution in [0.2, 0.25) is 0 Å². The predicted molar refractivity (Wildman–Crippen MR) is 84.1 cm³/mol. The lowest BCUT2D eigenvalue weighted by Crippen LogP contribution is -2.36. The zero-order valence-corrected chi connectivity index (χ0v) is 13.4. The molecule has 6 nitrogen and oxygen atoms in total. The predicted octanol–water partition coefficient (Wildman–Crippen LogP) is 2.55. The summed E-state index contributed by atoms with van der Waals surface area (Å²) in [5.41, 5.74) is 0.856. The Hall–Kier alpha value is -2.24. The van der Waals surface area contributed by atoms with Gasteiger partial charge in [0, 0.05) is 11.8 Å². The van der Waals surface area contributed by atoms with E-state index in [9.17, 15) is 9.59 Å². The second-order valence-corrected chi connectivity index (χ2v) is 6.19. The van der Waals surface area contributed by atoms with Crippen molar-refractivity contribution < 1.29 is 19.1 Å². The van der Waals surface area contributed by atoms with E-state index in [4.69, 9.17) is 9.47 Å². The molecule has 120 valence electrons. The van der Waals surface area contributed by atoms with Crippen molar-refractivity contribution in [2.75, 3.05) is 17.2 Å². The first-order valence-corrected chi connectivity index (χ1v) is 7.34. The molecule has 22 heavy (non-hydrogen) atoms. The Morgan fingerprint density at radius 1 is 1.45 bits per heavy atom. The maximum atomic E-state index is 12.2. The van der Waals surface area contributed by atoms with Gasteiger partial charge < -0.3 is 20.1 Å². The highest BCUT2D eigenvalue weighted by Crippen LogP contribution is 2.31. The molecule has 0 saturated heterocycles. The van der Waals surface area contributed by atoms with Crippen molar-refractivity contribution >= 4 is 23.3 Å². The Balaban J connectivity index is 2.08. The van der Waals surface area contributed by atoms with Crippen LogP contribution in [0.4, 0.5) is 11.4 Å². The van der Waals surface area contributed by atoms with Gasteiger partial charge in [-0.05, 0) is 39.3 Å².